The number of ether oxygens (including phenoxy) is 2. The lowest BCUT2D eigenvalue weighted by molar-refractivity contribution is 0.0953. The molecule has 0 saturated heterocycles. The molecule has 6 heteroatoms. The third-order valence-corrected chi connectivity index (χ3v) is 4.61. The van der Waals surface area contributed by atoms with E-state index in [1.807, 2.05) is 32.0 Å². The van der Waals surface area contributed by atoms with Gasteiger partial charge in [0.25, 0.3) is 5.91 Å². The third kappa shape index (κ3) is 5.78. The second-order valence-corrected chi connectivity index (χ2v) is 6.88. The van der Waals surface area contributed by atoms with Crippen molar-refractivity contribution in [2.75, 3.05) is 19.8 Å². The molecule has 0 spiro atoms. The van der Waals surface area contributed by atoms with Crippen molar-refractivity contribution in [1.82, 2.24) is 5.32 Å². The van der Waals surface area contributed by atoms with Gasteiger partial charge in [0.15, 0.2) is 11.5 Å². The van der Waals surface area contributed by atoms with Gasteiger partial charge in [-0.25, -0.2) is 0 Å². The number of benzene rings is 2. The Bertz CT molecular complexity index is 737. The Balaban J connectivity index is 1.96. The van der Waals surface area contributed by atoms with E-state index in [1.54, 1.807) is 18.2 Å². The molecule has 2 aromatic carbocycles. The molecular weight excluding hydrogens is 453 g/mol. The van der Waals surface area contributed by atoms with E-state index in [4.69, 9.17) is 21.1 Å². The van der Waals surface area contributed by atoms with Gasteiger partial charge in [-0.2, -0.15) is 0 Å². The minimum atomic E-state index is -0.1000. The van der Waals surface area contributed by atoms with Crippen molar-refractivity contribution in [3.63, 3.8) is 0 Å². The second-order valence-electron chi connectivity index (χ2n) is 5.28. The average Bonchev–Trinajstić information content (AvgIpc) is 2.57. The van der Waals surface area contributed by atoms with Crippen molar-refractivity contribution in [3.05, 3.63) is 56.1 Å². The number of halogens is 2. The largest absolute Gasteiger partial charge is 0.490 e. The van der Waals surface area contributed by atoms with Crippen molar-refractivity contribution < 1.29 is 14.3 Å². The molecule has 2 rings (SSSR count). The molecule has 25 heavy (non-hydrogen) atoms. The van der Waals surface area contributed by atoms with Crippen molar-refractivity contribution in [2.45, 2.75) is 20.3 Å². The summed E-state index contributed by atoms with van der Waals surface area (Å²) in [6.07, 6.45) is 0.711. The van der Waals surface area contributed by atoms with Crippen LogP contribution in [0.2, 0.25) is 5.02 Å². The first kappa shape index (κ1) is 19.8. The lowest BCUT2D eigenvalue weighted by Gasteiger charge is -2.13. The smallest absolute Gasteiger partial charge is 0.252 e. The topological polar surface area (TPSA) is 47.6 Å². The Hall–Kier alpha value is -1.47. The molecule has 0 aliphatic heterocycles. The summed E-state index contributed by atoms with van der Waals surface area (Å²) in [4.78, 5) is 12.3. The number of carbonyl (C=O) groups excluding carboxylic acids is 1. The fourth-order valence-electron chi connectivity index (χ4n) is 2.34. The van der Waals surface area contributed by atoms with Crippen LogP contribution in [-0.4, -0.2) is 25.7 Å². The standard InChI is InChI=1S/C19H21ClINO3/c1-3-24-17-8-5-13(11-18(17)25-4-2)9-10-22-19(23)15-7-6-14(20)12-16(15)21/h5-8,11-12H,3-4,9-10H2,1-2H3,(H,22,23). The van der Waals surface area contributed by atoms with Crippen molar-refractivity contribution in [1.29, 1.82) is 0 Å². The van der Waals surface area contributed by atoms with Crippen LogP contribution in [0.25, 0.3) is 0 Å². The van der Waals surface area contributed by atoms with E-state index in [9.17, 15) is 4.79 Å². The zero-order valence-electron chi connectivity index (χ0n) is 14.3. The molecule has 0 aromatic heterocycles. The lowest BCUT2D eigenvalue weighted by Crippen LogP contribution is -2.26. The van der Waals surface area contributed by atoms with Gasteiger partial charge in [-0.1, -0.05) is 17.7 Å². The molecule has 0 atom stereocenters. The summed E-state index contributed by atoms with van der Waals surface area (Å²) in [7, 11) is 0. The monoisotopic (exact) mass is 473 g/mol. The molecule has 0 aliphatic carbocycles. The SMILES string of the molecule is CCOc1ccc(CCNC(=O)c2ccc(Cl)cc2I)cc1OCC. The molecular formula is C19H21ClINO3. The molecule has 0 unspecified atom stereocenters. The molecule has 134 valence electrons. The Morgan fingerprint density at radius 2 is 1.80 bits per heavy atom. The highest BCUT2D eigenvalue weighted by molar-refractivity contribution is 14.1. The van der Waals surface area contributed by atoms with Gasteiger partial charge in [0.1, 0.15) is 0 Å². The van der Waals surface area contributed by atoms with E-state index in [-0.39, 0.29) is 5.91 Å². The van der Waals surface area contributed by atoms with Crippen LogP contribution >= 0.6 is 34.2 Å². The second kappa shape index (κ2) is 9.87. The molecule has 0 bridgehead atoms. The van der Waals surface area contributed by atoms with E-state index in [0.717, 1.165) is 20.6 Å². The van der Waals surface area contributed by atoms with Crippen molar-refractivity contribution >= 4 is 40.1 Å². The molecule has 0 fully saturated rings. The van der Waals surface area contributed by atoms with Crippen LogP contribution in [0.15, 0.2) is 36.4 Å². The molecule has 2 aromatic rings. The summed E-state index contributed by atoms with van der Waals surface area (Å²) >= 11 is 8.04. The Kier molecular flexibility index (Phi) is 7.84. The predicted octanol–water partition coefficient (Wildman–Crippen LogP) is 4.71. The summed E-state index contributed by atoms with van der Waals surface area (Å²) in [6.45, 7) is 5.59. The maximum atomic E-state index is 12.3. The summed E-state index contributed by atoms with van der Waals surface area (Å²) in [5.41, 5.74) is 1.71. The van der Waals surface area contributed by atoms with Crippen LogP contribution in [0.4, 0.5) is 0 Å². The number of amides is 1. The van der Waals surface area contributed by atoms with Crippen LogP contribution in [0.3, 0.4) is 0 Å². The van der Waals surface area contributed by atoms with Gasteiger partial charge in [0, 0.05) is 15.1 Å². The molecule has 0 aliphatic rings. The zero-order chi connectivity index (χ0) is 18.2. The summed E-state index contributed by atoms with van der Waals surface area (Å²) in [5, 5.41) is 3.56. The van der Waals surface area contributed by atoms with Crippen molar-refractivity contribution in [2.24, 2.45) is 0 Å². The first-order chi connectivity index (χ1) is 12.0. The number of hydrogen-bond acceptors (Lipinski definition) is 3. The normalized spacial score (nSPS) is 10.4. The van der Waals surface area contributed by atoms with Crippen LogP contribution in [0.5, 0.6) is 11.5 Å². The molecule has 0 radical (unpaired) electrons. The molecule has 1 amide bonds. The third-order valence-electron chi connectivity index (χ3n) is 3.48. The van der Waals surface area contributed by atoms with Crippen molar-refractivity contribution in [3.8, 4) is 11.5 Å². The summed E-state index contributed by atoms with van der Waals surface area (Å²) < 4.78 is 12.0. The molecule has 0 saturated carbocycles. The Labute approximate surface area is 167 Å². The number of carbonyl (C=O) groups is 1. The first-order valence-corrected chi connectivity index (χ1v) is 9.62. The van der Waals surface area contributed by atoms with E-state index in [2.05, 4.69) is 27.9 Å². The van der Waals surface area contributed by atoms with Gasteiger partial charge in [-0.15, -0.1) is 0 Å². The average molecular weight is 474 g/mol. The maximum Gasteiger partial charge on any atom is 0.252 e. The van der Waals surface area contributed by atoms with Crippen LogP contribution < -0.4 is 14.8 Å². The van der Waals surface area contributed by atoms with Gasteiger partial charge >= 0.3 is 0 Å². The molecule has 0 heterocycles. The van der Waals surface area contributed by atoms with Gasteiger partial charge in [0.05, 0.1) is 18.8 Å². The highest BCUT2D eigenvalue weighted by Crippen LogP contribution is 2.28. The molecule has 1 N–H and O–H groups in total. The highest BCUT2D eigenvalue weighted by atomic mass is 127. The van der Waals surface area contributed by atoms with Gasteiger partial charge in [-0.3, -0.25) is 4.79 Å². The van der Waals surface area contributed by atoms with Gasteiger partial charge in [-0.05, 0) is 78.8 Å². The fraction of sp³-hybridized carbons (Fsp3) is 0.316. The summed E-state index contributed by atoms with van der Waals surface area (Å²) in [6, 6.07) is 11.1. The number of hydrogen-bond donors (Lipinski definition) is 1. The van der Waals surface area contributed by atoms with Gasteiger partial charge < -0.3 is 14.8 Å². The van der Waals surface area contributed by atoms with Crippen LogP contribution in [0, 0.1) is 3.57 Å². The maximum absolute atomic E-state index is 12.3. The number of nitrogens with one attached hydrogen (secondary N) is 1. The number of rotatable bonds is 8. The van der Waals surface area contributed by atoms with E-state index >= 15 is 0 Å². The van der Waals surface area contributed by atoms with Crippen LogP contribution in [-0.2, 0) is 6.42 Å². The van der Waals surface area contributed by atoms with Crippen LogP contribution in [0.1, 0.15) is 29.8 Å². The minimum absolute atomic E-state index is 0.1000. The summed E-state index contributed by atoms with van der Waals surface area (Å²) in [5.74, 6) is 1.38. The quantitative estimate of drug-likeness (QED) is 0.565. The van der Waals surface area contributed by atoms with E-state index in [1.165, 1.54) is 0 Å². The predicted molar refractivity (Wildman–Crippen MR) is 109 cm³/mol. The van der Waals surface area contributed by atoms with E-state index in [0.29, 0.717) is 36.8 Å². The zero-order valence-corrected chi connectivity index (χ0v) is 17.2. The van der Waals surface area contributed by atoms with E-state index < -0.39 is 0 Å². The minimum Gasteiger partial charge on any atom is -0.490 e. The Morgan fingerprint density at radius 3 is 2.48 bits per heavy atom. The highest BCUT2D eigenvalue weighted by Gasteiger charge is 2.10. The fourth-order valence-corrected chi connectivity index (χ4v) is 3.46. The van der Waals surface area contributed by atoms with Gasteiger partial charge in [0.2, 0.25) is 0 Å². The Morgan fingerprint density at radius 1 is 1.08 bits per heavy atom. The lowest BCUT2D eigenvalue weighted by atomic mass is 10.1. The molecule has 4 nitrogen and oxygen atoms in total. The first-order valence-electron chi connectivity index (χ1n) is 8.17.